The van der Waals surface area contributed by atoms with Crippen molar-refractivity contribution >= 4 is 0 Å². The van der Waals surface area contributed by atoms with Crippen LogP contribution in [0.25, 0.3) is 0 Å². The Morgan fingerprint density at radius 3 is 2.24 bits per heavy atom. The maximum absolute atomic E-state index is 9.27. The molecule has 4 nitrogen and oxygen atoms in total. The van der Waals surface area contributed by atoms with Crippen molar-refractivity contribution in [2.24, 2.45) is 0 Å². The van der Waals surface area contributed by atoms with Crippen molar-refractivity contribution in [2.75, 3.05) is 39.6 Å². The van der Waals surface area contributed by atoms with Gasteiger partial charge in [-0.25, -0.2) is 0 Å². The molecular weight excluding hydrogens is 218 g/mol. The minimum Gasteiger partial charge on any atom is -0.394 e. The number of aliphatic hydroxyl groups is 1. The zero-order valence-corrected chi connectivity index (χ0v) is 11.6. The largest absolute Gasteiger partial charge is 0.394 e. The number of nitrogens with one attached hydrogen (secondary N) is 1. The van der Waals surface area contributed by atoms with E-state index in [1.807, 2.05) is 13.8 Å². The van der Waals surface area contributed by atoms with E-state index in [1.54, 1.807) is 0 Å². The Morgan fingerprint density at radius 1 is 1.06 bits per heavy atom. The molecule has 0 amide bonds. The number of rotatable bonds is 12. The Hall–Kier alpha value is -0.160. The number of ether oxygens (including phenoxy) is 2. The van der Waals surface area contributed by atoms with E-state index in [2.05, 4.69) is 12.2 Å². The Kier molecular flexibility index (Phi) is 10.9. The molecule has 104 valence electrons. The number of hydrogen-bond donors (Lipinski definition) is 2. The van der Waals surface area contributed by atoms with Gasteiger partial charge in [0.1, 0.15) is 0 Å². The van der Waals surface area contributed by atoms with Crippen molar-refractivity contribution < 1.29 is 14.6 Å². The summed E-state index contributed by atoms with van der Waals surface area (Å²) < 4.78 is 10.9. The second kappa shape index (κ2) is 11.0. The van der Waals surface area contributed by atoms with Crippen LogP contribution in [-0.2, 0) is 9.47 Å². The average Bonchev–Trinajstić information content (AvgIpc) is 2.33. The van der Waals surface area contributed by atoms with Crippen molar-refractivity contribution in [2.45, 2.75) is 45.6 Å². The van der Waals surface area contributed by atoms with Crippen molar-refractivity contribution in [3.8, 4) is 0 Å². The molecule has 17 heavy (non-hydrogen) atoms. The van der Waals surface area contributed by atoms with Crippen LogP contribution in [0, 0.1) is 0 Å². The first kappa shape index (κ1) is 16.8. The lowest BCUT2D eigenvalue weighted by atomic mass is 10.00. The van der Waals surface area contributed by atoms with Crippen LogP contribution in [-0.4, -0.2) is 50.2 Å². The zero-order valence-electron chi connectivity index (χ0n) is 11.6. The molecule has 0 fully saturated rings. The highest BCUT2D eigenvalue weighted by Gasteiger charge is 2.20. The highest BCUT2D eigenvalue weighted by molar-refractivity contribution is 4.81. The van der Waals surface area contributed by atoms with E-state index in [-0.39, 0.29) is 12.1 Å². The quantitative estimate of drug-likeness (QED) is 0.514. The van der Waals surface area contributed by atoms with E-state index in [0.717, 1.165) is 26.0 Å². The van der Waals surface area contributed by atoms with Crippen LogP contribution in [0.3, 0.4) is 0 Å². The van der Waals surface area contributed by atoms with E-state index in [9.17, 15) is 5.11 Å². The van der Waals surface area contributed by atoms with E-state index in [1.165, 1.54) is 6.42 Å². The van der Waals surface area contributed by atoms with E-state index in [4.69, 9.17) is 9.47 Å². The molecule has 0 aliphatic heterocycles. The summed E-state index contributed by atoms with van der Waals surface area (Å²) in [6.45, 7) is 9.97. The summed E-state index contributed by atoms with van der Waals surface area (Å²) in [5.41, 5.74) is -0.224. The third-order valence-corrected chi connectivity index (χ3v) is 2.76. The second-order valence-electron chi connectivity index (χ2n) is 4.58. The normalized spacial score (nSPS) is 14.8. The molecule has 0 rings (SSSR count). The van der Waals surface area contributed by atoms with E-state index < -0.39 is 0 Å². The van der Waals surface area contributed by atoms with Gasteiger partial charge in [-0.3, -0.25) is 0 Å². The molecule has 0 saturated heterocycles. The molecule has 0 aliphatic rings. The first-order valence-corrected chi connectivity index (χ1v) is 6.70. The zero-order chi connectivity index (χ0) is 13.0. The van der Waals surface area contributed by atoms with Gasteiger partial charge in [-0.15, -0.1) is 0 Å². The minimum absolute atomic E-state index is 0.136. The van der Waals surface area contributed by atoms with Crippen molar-refractivity contribution in [1.29, 1.82) is 0 Å². The summed E-state index contributed by atoms with van der Waals surface area (Å²) in [4.78, 5) is 0. The van der Waals surface area contributed by atoms with Gasteiger partial charge in [-0.05, 0) is 26.3 Å². The molecule has 0 spiro atoms. The van der Waals surface area contributed by atoms with Gasteiger partial charge in [0.05, 0.1) is 19.8 Å². The average molecular weight is 247 g/mol. The molecule has 0 radical (unpaired) electrons. The highest BCUT2D eigenvalue weighted by atomic mass is 16.5. The summed E-state index contributed by atoms with van der Waals surface area (Å²) in [7, 11) is 0. The topological polar surface area (TPSA) is 50.7 Å². The summed E-state index contributed by atoms with van der Waals surface area (Å²) in [6, 6.07) is 0. The van der Waals surface area contributed by atoms with Gasteiger partial charge >= 0.3 is 0 Å². The Balaban J connectivity index is 3.37. The van der Waals surface area contributed by atoms with Gasteiger partial charge in [0.15, 0.2) is 0 Å². The summed E-state index contributed by atoms with van der Waals surface area (Å²) in [5.74, 6) is 0. The van der Waals surface area contributed by atoms with Crippen LogP contribution in [0.1, 0.15) is 40.0 Å². The fourth-order valence-electron chi connectivity index (χ4n) is 1.52. The first-order chi connectivity index (χ1) is 8.18. The van der Waals surface area contributed by atoms with Gasteiger partial charge < -0.3 is 19.9 Å². The van der Waals surface area contributed by atoms with Crippen LogP contribution in [0.5, 0.6) is 0 Å². The summed E-state index contributed by atoms with van der Waals surface area (Å²) in [6.07, 6.45) is 3.09. The third-order valence-electron chi connectivity index (χ3n) is 2.76. The molecule has 0 aromatic rings. The molecule has 0 bridgehead atoms. The van der Waals surface area contributed by atoms with Crippen LogP contribution >= 0.6 is 0 Å². The van der Waals surface area contributed by atoms with Crippen molar-refractivity contribution in [3.05, 3.63) is 0 Å². The fourth-order valence-corrected chi connectivity index (χ4v) is 1.52. The summed E-state index contributed by atoms with van der Waals surface area (Å²) in [5, 5.41) is 12.5. The van der Waals surface area contributed by atoms with Crippen LogP contribution in [0.15, 0.2) is 0 Å². The first-order valence-electron chi connectivity index (χ1n) is 6.70. The molecule has 0 saturated carbocycles. The Bertz CT molecular complexity index is 167. The van der Waals surface area contributed by atoms with Gasteiger partial charge in [0.25, 0.3) is 0 Å². The summed E-state index contributed by atoms with van der Waals surface area (Å²) >= 11 is 0. The highest BCUT2D eigenvalue weighted by Crippen LogP contribution is 2.08. The van der Waals surface area contributed by atoms with Gasteiger partial charge in [0, 0.05) is 18.8 Å². The lowest BCUT2D eigenvalue weighted by Crippen LogP contribution is -2.46. The number of aliphatic hydroxyl groups excluding tert-OH is 1. The monoisotopic (exact) mass is 247 g/mol. The molecular formula is C13H29NO3. The molecule has 1 unspecified atom stereocenters. The van der Waals surface area contributed by atoms with Crippen LogP contribution < -0.4 is 5.32 Å². The number of likely N-dealkylation sites (N-methyl/N-ethyl adjacent to an activating group) is 1. The van der Waals surface area contributed by atoms with E-state index >= 15 is 0 Å². The Morgan fingerprint density at radius 2 is 1.71 bits per heavy atom. The van der Waals surface area contributed by atoms with Crippen molar-refractivity contribution in [3.63, 3.8) is 0 Å². The second-order valence-corrected chi connectivity index (χ2v) is 4.58. The fraction of sp³-hybridized carbons (Fsp3) is 1.00. The molecule has 0 aliphatic carbocycles. The lowest BCUT2D eigenvalue weighted by molar-refractivity contribution is 0.0337. The molecule has 0 aromatic carbocycles. The SMILES string of the molecule is CCCCOCCOCCC(C)(CO)NCC. The lowest BCUT2D eigenvalue weighted by Gasteiger charge is -2.28. The van der Waals surface area contributed by atoms with Crippen LogP contribution in [0.2, 0.25) is 0 Å². The number of hydrogen-bond acceptors (Lipinski definition) is 4. The maximum atomic E-state index is 9.27. The third kappa shape index (κ3) is 9.53. The van der Waals surface area contributed by atoms with E-state index in [0.29, 0.717) is 19.8 Å². The standard InChI is InChI=1S/C13H29NO3/c1-4-6-8-16-10-11-17-9-7-13(3,12-15)14-5-2/h14-15H,4-12H2,1-3H3. The van der Waals surface area contributed by atoms with Crippen molar-refractivity contribution in [1.82, 2.24) is 5.32 Å². The predicted molar refractivity (Wildman–Crippen MR) is 70.3 cm³/mol. The number of unbranched alkanes of at least 4 members (excludes halogenated alkanes) is 1. The predicted octanol–water partition coefficient (Wildman–Crippen LogP) is 1.57. The molecule has 2 N–H and O–H groups in total. The van der Waals surface area contributed by atoms with Gasteiger partial charge in [0.2, 0.25) is 0 Å². The maximum Gasteiger partial charge on any atom is 0.0700 e. The van der Waals surface area contributed by atoms with Gasteiger partial charge in [-0.1, -0.05) is 20.3 Å². The molecule has 1 atom stereocenters. The van der Waals surface area contributed by atoms with Gasteiger partial charge in [-0.2, -0.15) is 0 Å². The molecule has 0 aromatic heterocycles. The minimum atomic E-state index is -0.224. The van der Waals surface area contributed by atoms with Crippen LogP contribution in [0.4, 0.5) is 0 Å². The smallest absolute Gasteiger partial charge is 0.0700 e. The molecule has 4 heteroatoms. The Labute approximate surface area is 106 Å². The molecule has 0 heterocycles.